The van der Waals surface area contributed by atoms with E-state index < -0.39 is 10.0 Å². The summed E-state index contributed by atoms with van der Waals surface area (Å²) in [6.45, 7) is 4.03. The van der Waals surface area contributed by atoms with Gasteiger partial charge in [0, 0.05) is 29.3 Å². The van der Waals surface area contributed by atoms with Crippen LogP contribution in [0.25, 0.3) is 0 Å². The van der Waals surface area contributed by atoms with E-state index in [0.29, 0.717) is 16.7 Å². The van der Waals surface area contributed by atoms with Crippen molar-refractivity contribution in [2.45, 2.75) is 41.7 Å². The third-order valence-corrected chi connectivity index (χ3v) is 6.30. The lowest BCUT2D eigenvalue weighted by Gasteiger charge is -2.12. The summed E-state index contributed by atoms with van der Waals surface area (Å²) in [6.07, 6.45) is 1.67. The van der Waals surface area contributed by atoms with Crippen molar-refractivity contribution in [1.29, 1.82) is 0 Å². The molecule has 0 fully saturated rings. The minimum absolute atomic E-state index is 0.0864. The molecule has 140 valence electrons. The smallest absolute Gasteiger partial charge is 0.240 e. The van der Waals surface area contributed by atoms with Crippen LogP contribution in [0.4, 0.5) is 5.69 Å². The van der Waals surface area contributed by atoms with Gasteiger partial charge < -0.3 is 5.32 Å². The second kappa shape index (κ2) is 9.75. The molecule has 0 radical (unpaired) electrons. The van der Waals surface area contributed by atoms with Crippen LogP contribution < -0.4 is 10.0 Å². The van der Waals surface area contributed by atoms with E-state index in [0.717, 1.165) is 23.4 Å². The lowest BCUT2D eigenvalue weighted by molar-refractivity contribution is -0.114. The Morgan fingerprint density at radius 3 is 2.35 bits per heavy atom. The van der Waals surface area contributed by atoms with Crippen molar-refractivity contribution >= 4 is 33.4 Å². The molecule has 0 heterocycles. The molecule has 2 aromatic rings. The van der Waals surface area contributed by atoms with E-state index in [1.807, 2.05) is 24.3 Å². The predicted octanol–water partition coefficient (Wildman–Crippen LogP) is 3.88. The van der Waals surface area contributed by atoms with Gasteiger partial charge in [0.1, 0.15) is 0 Å². The summed E-state index contributed by atoms with van der Waals surface area (Å²) in [5, 5.41) is 3.11. The normalized spacial score (nSPS) is 12.5. The van der Waals surface area contributed by atoms with Crippen molar-refractivity contribution in [3.05, 3.63) is 54.6 Å². The van der Waals surface area contributed by atoms with Crippen molar-refractivity contribution in [2.75, 3.05) is 11.9 Å². The molecule has 1 unspecified atom stereocenters. The number of benzene rings is 2. The molecule has 1 atom stereocenters. The van der Waals surface area contributed by atoms with Crippen molar-refractivity contribution in [2.24, 2.45) is 0 Å². The second-order valence-corrected chi connectivity index (χ2v) is 9.27. The van der Waals surface area contributed by atoms with E-state index >= 15 is 0 Å². The third kappa shape index (κ3) is 6.82. The standard InChI is InChI=1S/C19H24N2O3S2/c1-15(25-18-12-10-17(11-13-18)21-16(2)22)7-6-14-20-26(23,24)19-8-4-3-5-9-19/h3-5,8-13,15,20H,6-7,14H2,1-2H3,(H,21,22). The minimum Gasteiger partial charge on any atom is -0.326 e. The molecule has 0 aliphatic heterocycles. The molecule has 7 heteroatoms. The molecule has 2 rings (SSSR count). The van der Waals surface area contributed by atoms with E-state index in [1.54, 1.807) is 42.1 Å². The van der Waals surface area contributed by atoms with Gasteiger partial charge in [-0.2, -0.15) is 0 Å². The quantitative estimate of drug-likeness (QED) is 0.501. The largest absolute Gasteiger partial charge is 0.326 e. The highest BCUT2D eigenvalue weighted by atomic mass is 32.2. The summed E-state index contributed by atoms with van der Waals surface area (Å²) >= 11 is 1.74. The molecule has 0 saturated heterocycles. The summed E-state index contributed by atoms with van der Waals surface area (Å²) in [7, 11) is -3.42. The van der Waals surface area contributed by atoms with Crippen molar-refractivity contribution in [1.82, 2.24) is 4.72 Å². The Balaban J connectivity index is 1.73. The average Bonchev–Trinajstić information content (AvgIpc) is 2.61. The molecule has 0 aliphatic carbocycles. The fourth-order valence-corrected chi connectivity index (χ4v) is 4.53. The zero-order chi connectivity index (χ0) is 19.0. The fraction of sp³-hybridized carbons (Fsp3) is 0.316. The summed E-state index contributed by atoms with van der Waals surface area (Å²) in [5.74, 6) is -0.0864. The Kier molecular flexibility index (Phi) is 7.68. The Morgan fingerprint density at radius 1 is 1.08 bits per heavy atom. The van der Waals surface area contributed by atoms with Crippen LogP contribution in [-0.4, -0.2) is 26.1 Å². The molecule has 0 saturated carbocycles. The first-order valence-electron chi connectivity index (χ1n) is 8.46. The maximum atomic E-state index is 12.1. The van der Waals surface area contributed by atoms with Crippen LogP contribution in [0.1, 0.15) is 26.7 Å². The molecule has 0 spiro atoms. The summed E-state index contributed by atoms with van der Waals surface area (Å²) in [5.41, 5.74) is 0.782. The maximum Gasteiger partial charge on any atom is 0.240 e. The van der Waals surface area contributed by atoms with Crippen LogP contribution in [-0.2, 0) is 14.8 Å². The molecule has 0 bridgehead atoms. The van der Waals surface area contributed by atoms with E-state index in [9.17, 15) is 13.2 Å². The van der Waals surface area contributed by atoms with Crippen LogP contribution in [0.2, 0.25) is 0 Å². The molecule has 26 heavy (non-hydrogen) atoms. The van der Waals surface area contributed by atoms with Gasteiger partial charge in [0.25, 0.3) is 0 Å². The SMILES string of the molecule is CC(=O)Nc1ccc(SC(C)CCCNS(=O)(=O)c2ccccc2)cc1. The van der Waals surface area contributed by atoms with Gasteiger partial charge in [-0.3, -0.25) is 4.79 Å². The van der Waals surface area contributed by atoms with E-state index in [4.69, 9.17) is 0 Å². The van der Waals surface area contributed by atoms with Crippen molar-refractivity contribution in [3.63, 3.8) is 0 Å². The highest BCUT2D eigenvalue weighted by Crippen LogP contribution is 2.27. The van der Waals surface area contributed by atoms with Gasteiger partial charge in [-0.15, -0.1) is 11.8 Å². The summed E-state index contributed by atoms with van der Waals surface area (Å²) in [4.78, 5) is 12.4. The van der Waals surface area contributed by atoms with Gasteiger partial charge in [0.15, 0.2) is 0 Å². The molecule has 0 aromatic heterocycles. The Hall–Kier alpha value is -1.83. The first kappa shape index (κ1) is 20.5. The average molecular weight is 393 g/mol. The van der Waals surface area contributed by atoms with Crippen LogP contribution in [0.5, 0.6) is 0 Å². The van der Waals surface area contributed by atoms with Gasteiger partial charge >= 0.3 is 0 Å². The molecular weight excluding hydrogens is 368 g/mol. The topological polar surface area (TPSA) is 75.3 Å². The molecule has 5 nitrogen and oxygen atoms in total. The maximum absolute atomic E-state index is 12.1. The van der Waals surface area contributed by atoms with Crippen LogP contribution in [0.15, 0.2) is 64.4 Å². The highest BCUT2D eigenvalue weighted by molar-refractivity contribution is 7.99. The lowest BCUT2D eigenvalue weighted by Crippen LogP contribution is -2.25. The number of nitrogens with one attached hydrogen (secondary N) is 2. The summed E-state index contributed by atoms with van der Waals surface area (Å²) in [6, 6.07) is 16.1. The molecule has 2 aromatic carbocycles. The number of sulfonamides is 1. The second-order valence-electron chi connectivity index (χ2n) is 5.99. The van der Waals surface area contributed by atoms with Gasteiger partial charge in [-0.05, 0) is 49.2 Å². The summed E-state index contributed by atoms with van der Waals surface area (Å²) < 4.78 is 26.9. The van der Waals surface area contributed by atoms with Crippen LogP contribution in [0, 0.1) is 0 Å². The zero-order valence-corrected chi connectivity index (χ0v) is 16.6. The van der Waals surface area contributed by atoms with E-state index in [2.05, 4.69) is 17.0 Å². The number of hydrogen-bond acceptors (Lipinski definition) is 4. The number of carbonyl (C=O) groups is 1. The van der Waals surface area contributed by atoms with Crippen molar-refractivity contribution < 1.29 is 13.2 Å². The van der Waals surface area contributed by atoms with Crippen LogP contribution >= 0.6 is 11.8 Å². The number of thioether (sulfide) groups is 1. The van der Waals surface area contributed by atoms with E-state index in [1.165, 1.54) is 6.92 Å². The zero-order valence-electron chi connectivity index (χ0n) is 14.9. The Labute approximate surface area is 159 Å². The number of carbonyl (C=O) groups excluding carboxylic acids is 1. The highest BCUT2D eigenvalue weighted by Gasteiger charge is 2.12. The predicted molar refractivity (Wildman–Crippen MR) is 107 cm³/mol. The van der Waals surface area contributed by atoms with Crippen LogP contribution in [0.3, 0.4) is 0 Å². The number of anilines is 1. The first-order valence-corrected chi connectivity index (χ1v) is 10.8. The van der Waals surface area contributed by atoms with Gasteiger partial charge in [-0.25, -0.2) is 13.1 Å². The van der Waals surface area contributed by atoms with E-state index in [-0.39, 0.29) is 5.91 Å². The van der Waals surface area contributed by atoms with Gasteiger partial charge in [-0.1, -0.05) is 25.1 Å². The first-order chi connectivity index (χ1) is 12.4. The molecule has 2 N–H and O–H groups in total. The van der Waals surface area contributed by atoms with Gasteiger partial charge in [0.05, 0.1) is 4.90 Å². The molecule has 0 aliphatic rings. The lowest BCUT2D eigenvalue weighted by atomic mass is 10.2. The monoisotopic (exact) mass is 392 g/mol. The third-order valence-electron chi connectivity index (χ3n) is 3.64. The van der Waals surface area contributed by atoms with Crippen molar-refractivity contribution in [3.8, 4) is 0 Å². The number of rotatable bonds is 9. The molecular formula is C19H24N2O3S2. The van der Waals surface area contributed by atoms with Gasteiger partial charge in [0.2, 0.25) is 15.9 Å². The minimum atomic E-state index is -3.42. The number of hydrogen-bond donors (Lipinski definition) is 2. The Morgan fingerprint density at radius 2 is 1.73 bits per heavy atom. The fourth-order valence-electron chi connectivity index (χ4n) is 2.39. The number of amides is 1. The molecule has 1 amide bonds. The Bertz CT molecular complexity index is 806.